The summed E-state index contributed by atoms with van der Waals surface area (Å²) in [6.07, 6.45) is 0.873. The van der Waals surface area contributed by atoms with E-state index in [1.54, 1.807) is 43.3 Å². The van der Waals surface area contributed by atoms with E-state index in [0.29, 0.717) is 11.3 Å². The molecule has 0 unspecified atom stereocenters. The standard InChI is InChI=1S/C20H21NO5/c1-3-14-9-11-15(12-10-14)19(23)26-13-18(22)21-17-8-6-5-7-16(17)20(24)25-4-2/h5-12H,3-4,13H2,1-2H3,(H,21,22). The number of amides is 1. The van der Waals surface area contributed by atoms with Gasteiger partial charge in [0.2, 0.25) is 0 Å². The molecule has 1 amide bonds. The number of para-hydroxylation sites is 1. The van der Waals surface area contributed by atoms with Gasteiger partial charge in [-0.2, -0.15) is 0 Å². The normalized spacial score (nSPS) is 10.1. The van der Waals surface area contributed by atoms with Gasteiger partial charge >= 0.3 is 11.9 Å². The minimum atomic E-state index is -0.582. The molecule has 26 heavy (non-hydrogen) atoms. The lowest BCUT2D eigenvalue weighted by Gasteiger charge is -2.10. The van der Waals surface area contributed by atoms with E-state index in [4.69, 9.17) is 9.47 Å². The fraction of sp³-hybridized carbons (Fsp3) is 0.250. The van der Waals surface area contributed by atoms with Crippen molar-refractivity contribution >= 4 is 23.5 Å². The summed E-state index contributed by atoms with van der Waals surface area (Å²) in [5, 5.41) is 2.56. The molecule has 1 N–H and O–H groups in total. The largest absolute Gasteiger partial charge is 0.462 e. The number of esters is 2. The quantitative estimate of drug-likeness (QED) is 0.771. The van der Waals surface area contributed by atoms with Crippen LogP contribution in [0.4, 0.5) is 5.69 Å². The van der Waals surface area contributed by atoms with Crippen LogP contribution in [0.15, 0.2) is 48.5 Å². The first-order valence-electron chi connectivity index (χ1n) is 8.37. The van der Waals surface area contributed by atoms with E-state index in [-0.39, 0.29) is 12.2 Å². The summed E-state index contributed by atoms with van der Waals surface area (Å²) >= 11 is 0. The number of benzene rings is 2. The number of ether oxygens (including phenoxy) is 2. The Morgan fingerprint density at radius 1 is 0.885 bits per heavy atom. The van der Waals surface area contributed by atoms with Crippen molar-refractivity contribution in [2.24, 2.45) is 0 Å². The Balaban J connectivity index is 1.94. The molecule has 2 rings (SSSR count). The van der Waals surface area contributed by atoms with Crippen molar-refractivity contribution in [1.29, 1.82) is 0 Å². The minimum absolute atomic E-state index is 0.232. The third-order valence-corrected chi connectivity index (χ3v) is 3.63. The van der Waals surface area contributed by atoms with Gasteiger partial charge in [0.25, 0.3) is 5.91 Å². The molecular weight excluding hydrogens is 334 g/mol. The zero-order chi connectivity index (χ0) is 18.9. The highest BCUT2D eigenvalue weighted by molar-refractivity contribution is 6.02. The molecule has 0 saturated carbocycles. The Labute approximate surface area is 152 Å². The van der Waals surface area contributed by atoms with Gasteiger partial charge in [0.15, 0.2) is 6.61 Å². The fourth-order valence-corrected chi connectivity index (χ4v) is 2.26. The second-order valence-corrected chi connectivity index (χ2v) is 5.44. The lowest BCUT2D eigenvalue weighted by Crippen LogP contribution is -2.22. The van der Waals surface area contributed by atoms with Gasteiger partial charge < -0.3 is 14.8 Å². The number of hydrogen-bond acceptors (Lipinski definition) is 5. The van der Waals surface area contributed by atoms with Crippen LogP contribution in [0.5, 0.6) is 0 Å². The van der Waals surface area contributed by atoms with E-state index in [1.165, 1.54) is 0 Å². The number of carbonyl (C=O) groups excluding carboxylic acids is 3. The molecule has 136 valence electrons. The number of aryl methyl sites for hydroxylation is 1. The molecule has 0 bridgehead atoms. The molecule has 2 aromatic rings. The number of rotatable bonds is 7. The Morgan fingerprint density at radius 3 is 2.23 bits per heavy atom. The number of anilines is 1. The maximum absolute atomic E-state index is 12.0. The minimum Gasteiger partial charge on any atom is -0.462 e. The third kappa shape index (κ3) is 5.17. The number of nitrogens with one attached hydrogen (secondary N) is 1. The van der Waals surface area contributed by atoms with Gasteiger partial charge in [-0.3, -0.25) is 4.79 Å². The molecule has 0 radical (unpaired) electrons. The van der Waals surface area contributed by atoms with Crippen LogP contribution in [-0.2, 0) is 20.7 Å². The molecule has 0 atom stereocenters. The zero-order valence-electron chi connectivity index (χ0n) is 14.8. The number of hydrogen-bond donors (Lipinski definition) is 1. The van der Waals surface area contributed by atoms with Crippen LogP contribution in [0.2, 0.25) is 0 Å². The molecule has 6 nitrogen and oxygen atoms in total. The van der Waals surface area contributed by atoms with Crippen LogP contribution in [0.3, 0.4) is 0 Å². The lowest BCUT2D eigenvalue weighted by atomic mass is 10.1. The van der Waals surface area contributed by atoms with E-state index in [9.17, 15) is 14.4 Å². The van der Waals surface area contributed by atoms with Crippen molar-refractivity contribution in [2.45, 2.75) is 20.3 Å². The molecule has 0 fully saturated rings. The second kappa shape index (κ2) is 9.36. The summed E-state index contributed by atoms with van der Waals surface area (Å²) in [5.74, 6) is -1.65. The van der Waals surface area contributed by atoms with Crippen LogP contribution in [0.1, 0.15) is 40.1 Å². The highest BCUT2D eigenvalue weighted by Gasteiger charge is 2.15. The SMILES string of the molecule is CCOC(=O)c1ccccc1NC(=O)COC(=O)c1ccc(CC)cc1. The Hall–Kier alpha value is -3.15. The van der Waals surface area contributed by atoms with Gasteiger partial charge in [0.05, 0.1) is 23.4 Å². The highest BCUT2D eigenvalue weighted by atomic mass is 16.5. The summed E-state index contributed by atoms with van der Waals surface area (Å²) in [5.41, 5.74) is 2.03. The van der Waals surface area contributed by atoms with Crippen molar-refractivity contribution in [3.63, 3.8) is 0 Å². The number of carbonyl (C=O) groups is 3. The molecule has 0 heterocycles. The van der Waals surface area contributed by atoms with Gasteiger partial charge in [-0.15, -0.1) is 0 Å². The fourth-order valence-electron chi connectivity index (χ4n) is 2.26. The van der Waals surface area contributed by atoms with Crippen molar-refractivity contribution in [1.82, 2.24) is 0 Å². The Kier molecular flexibility index (Phi) is 6.91. The van der Waals surface area contributed by atoms with Gasteiger partial charge in [-0.1, -0.05) is 31.2 Å². The zero-order valence-corrected chi connectivity index (χ0v) is 14.8. The molecule has 0 aliphatic rings. The van der Waals surface area contributed by atoms with Gasteiger partial charge in [-0.25, -0.2) is 9.59 Å². The molecule has 0 saturated heterocycles. The topological polar surface area (TPSA) is 81.7 Å². The summed E-state index contributed by atoms with van der Waals surface area (Å²) in [6.45, 7) is 3.50. The average molecular weight is 355 g/mol. The van der Waals surface area contributed by atoms with Gasteiger partial charge in [0, 0.05) is 0 Å². The van der Waals surface area contributed by atoms with Crippen molar-refractivity contribution in [2.75, 3.05) is 18.5 Å². The first-order chi connectivity index (χ1) is 12.5. The Bertz CT molecular complexity index is 783. The van der Waals surface area contributed by atoms with Gasteiger partial charge in [-0.05, 0) is 43.2 Å². The Morgan fingerprint density at radius 2 is 1.58 bits per heavy atom. The summed E-state index contributed by atoms with van der Waals surface area (Å²) in [4.78, 5) is 35.9. The maximum atomic E-state index is 12.0. The molecular formula is C20H21NO5. The summed E-state index contributed by atoms with van der Waals surface area (Å²) in [7, 11) is 0. The van der Waals surface area contributed by atoms with Gasteiger partial charge in [0.1, 0.15) is 0 Å². The predicted molar refractivity (Wildman–Crippen MR) is 97.1 cm³/mol. The smallest absolute Gasteiger partial charge is 0.340 e. The first-order valence-corrected chi connectivity index (χ1v) is 8.37. The predicted octanol–water partition coefficient (Wildman–Crippen LogP) is 3.22. The van der Waals surface area contributed by atoms with E-state index in [0.717, 1.165) is 12.0 Å². The molecule has 0 aliphatic heterocycles. The second-order valence-electron chi connectivity index (χ2n) is 5.44. The van der Waals surface area contributed by atoms with E-state index < -0.39 is 24.5 Å². The third-order valence-electron chi connectivity index (χ3n) is 3.63. The summed E-state index contributed by atoms with van der Waals surface area (Å²) < 4.78 is 9.97. The lowest BCUT2D eigenvalue weighted by molar-refractivity contribution is -0.119. The molecule has 0 spiro atoms. The maximum Gasteiger partial charge on any atom is 0.340 e. The van der Waals surface area contributed by atoms with Crippen molar-refractivity contribution < 1.29 is 23.9 Å². The van der Waals surface area contributed by atoms with E-state index in [2.05, 4.69) is 5.32 Å². The van der Waals surface area contributed by atoms with Crippen molar-refractivity contribution in [3.05, 3.63) is 65.2 Å². The molecule has 2 aromatic carbocycles. The molecule has 0 aromatic heterocycles. The van der Waals surface area contributed by atoms with Crippen LogP contribution in [0, 0.1) is 0 Å². The van der Waals surface area contributed by atoms with Crippen LogP contribution < -0.4 is 5.32 Å². The first kappa shape index (κ1) is 19.2. The van der Waals surface area contributed by atoms with E-state index >= 15 is 0 Å². The molecule has 6 heteroatoms. The monoisotopic (exact) mass is 355 g/mol. The molecule has 0 aliphatic carbocycles. The van der Waals surface area contributed by atoms with Crippen LogP contribution in [0.25, 0.3) is 0 Å². The van der Waals surface area contributed by atoms with Crippen LogP contribution in [-0.4, -0.2) is 31.1 Å². The highest BCUT2D eigenvalue weighted by Crippen LogP contribution is 2.16. The summed E-state index contributed by atoms with van der Waals surface area (Å²) in [6, 6.07) is 13.5. The average Bonchev–Trinajstić information content (AvgIpc) is 2.66. The van der Waals surface area contributed by atoms with E-state index in [1.807, 2.05) is 19.1 Å². The van der Waals surface area contributed by atoms with Crippen molar-refractivity contribution in [3.8, 4) is 0 Å². The van der Waals surface area contributed by atoms with Crippen LogP contribution >= 0.6 is 0 Å².